The lowest BCUT2D eigenvalue weighted by Gasteiger charge is -2.39. The van der Waals surface area contributed by atoms with Gasteiger partial charge in [0.15, 0.2) is 0 Å². The SMILES string of the molecule is CC(C)Cc1cccc(O[C@H]2C[C@H]3CC[C@@H](C2)N3C(=O)OC(C)(C)C)c1. The first-order chi connectivity index (χ1) is 12.2. The van der Waals surface area contributed by atoms with Crippen LogP contribution in [-0.2, 0) is 11.2 Å². The quantitative estimate of drug-likeness (QED) is 0.742. The zero-order valence-corrected chi connectivity index (χ0v) is 16.8. The average Bonchev–Trinajstić information content (AvgIpc) is 2.77. The fourth-order valence-corrected chi connectivity index (χ4v) is 4.25. The van der Waals surface area contributed by atoms with Crippen molar-refractivity contribution in [2.24, 2.45) is 5.92 Å². The second-order valence-electron chi connectivity index (χ2n) is 9.23. The van der Waals surface area contributed by atoms with E-state index in [1.165, 1.54) is 5.56 Å². The Morgan fingerprint density at radius 3 is 2.42 bits per heavy atom. The number of carbonyl (C=O) groups excluding carboxylic acids is 1. The Labute approximate surface area is 157 Å². The molecule has 3 rings (SSSR count). The molecular formula is C22H33NO3. The Kier molecular flexibility index (Phi) is 5.50. The summed E-state index contributed by atoms with van der Waals surface area (Å²) in [5, 5.41) is 0. The lowest BCUT2D eigenvalue weighted by molar-refractivity contribution is -0.00707. The second kappa shape index (κ2) is 7.50. The summed E-state index contributed by atoms with van der Waals surface area (Å²) in [6.07, 6.45) is 4.98. The van der Waals surface area contributed by atoms with E-state index >= 15 is 0 Å². The molecule has 1 amide bonds. The number of rotatable bonds is 4. The maximum atomic E-state index is 12.5. The summed E-state index contributed by atoms with van der Waals surface area (Å²) in [5.41, 5.74) is 0.882. The van der Waals surface area contributed by atoms with E-state index in [1.54, 1.807) is 0 Å². The van der Waals surface area contributed by atoms with Crippen molar-refractivity contribution in [3.05, 3.63) is 29.8 Å². The highest BCUT2D eigenvalue weighted by molar-refractivity contribution is 5.69. The monoisotopic (exact) mass is 359 g/mol. The molecule has 2 fully saturated rings. The molecule has 0 saturated carbocycles. The third-order valence-electron chi connectivity index (χ3n) is 5.14. The lowest BCUT2D eigenvalue weighted by atomic mass is 9.99. The van der Waals surface area contributed by atoms with Gasteiger partial charge < -0.3 is 14.4 Å². The molecule has 144 valence electrons. The van der Waals surface area contributed by atoms with Gasteiger partial charge in [-0.3, -0.25) is 0 Å². The summed E-state index contributed by atoms with van der Waals surface area (Å²) in [4.78, 5) is 14.5. The number of amides is 1. The Hall–Kier alpha value is -1.71. The molecule has 3 atom stereocenters. The van der Waals surface area contributed by atoms with Crippen LogP contribution >= 0.6 is 0 Å². The molecule has 26 heavy (non-hydrogen) atoms. The van der Waals surface area contributed by atoms with Crippen molar-refractivity contribution in [1.29, 1.82) is 0 Å². The van der Waals surface area contributed by atoms with Gasteiger partial charge in [-0.25, -0.2) is 4.79 Å². The molecule has 1 aromatic rings. The van der Waals surface area contributed by atoms with Crippen LogP contribution in [0.25, 0.3) is 0 Å². The molecule has 0 spiro atoms. The minimum Gasteiger partial charge on any atom is -0.490 e. The van der Waals surface area contributed by atoms with Crippen molar-refractivity contribution >= 4 is 6.09 Å². The Balaban J connectivity index is 1.62. The fraction of sp³-hybridized carbons (Fsp3) is 0.682. The van der Waals surface area contributed by atoms with Crippen LogP contribution in [0.1, 0.15) is 65.9 Å². The van der Waals surface area contributed by atoms with Gasteiger partial charge in [-0.1, -0.05) is 26.0 Å². The van der Waals surface area contributed by atoms with E-state index in [2.05, 4.69) is 32.0 Å². The predicted octanol–water partition coefficient (Wildman–Crippen LogP) is 5.19. The summed E-state index contributed by atoms with van der Waals surface area (Å²) < 4.78 is 11.9. The third kappa shape index (κ3) is 4.72. The zero-order chi connectivity index (χ0) is 18.9. The topological polar surface area (TPSA) is 38.8 Å². The molecule has 0 unspecified atom stereocenters. The molecule has 0 aliphatic carbocycles. The first kappa shape index (κ1) is 19.1. The van der Waals surface area contributed by atoms with Crippen LogP contribution in [0.15, 0.2) is 24.3 Å². The van der Waals surface area contributed by atoms with Gasteiger partial charge in [-0.05, 0) is 63.6 Å². The molecule has 1 aromatic carbocycles. The minimum absolute atomic E-state index is 0.164. The van der Waals surface area contributed by atoms with Crippen molar-refractivity contribution in [3.8, 4) is 5.75 Å². The van der Waals surface area contributed by atoms with E-state index in [-0.39, 0.29) is 24.3 Å². The fourth-order valence-electron chi connectivity index (χ4n) is 4.25. The molecule has 4 heteroatoms. The number of piperidine rings is 1. The Bertz CT molecular complexity index is 621. The van der Waals surface area contributed by atoms with Crippen molar-refractivity contribution in [2.75, 3.05) is 0 Å². The van der Waals surface area contributed by atoms with Gasteiger partial charge in [0.1, 0.15) is 17.5 Å². The van der Waals surface area contributed by atoms with Crippen LogP contribution in [0.2, 0.25) is 0 Å². The lowest BCUT2D eigenvalue weighted by Crippen LogP contribution is -2.50. The van der Waals surface area contributed by atoms with E-state index in [9.17, 15) is 4.79 Å². The number of hydrogen-bond donors (Lipinski definition) is 0. The molecular weight excluding hydrogens is 326 g/mol. The maximum absolute atomic E-state index is 12.5. The standard InChI is InChI=1S/C22H33NO3/c1-15(2)11-16-7-6-8-19(12-16)25-20-13-17-9-10-18(14-20)23(17)21(24)26-22(3,4)5/h6-8,12,15,17-18,20H,9-11,13-14H2,1-5H3/t17-,18+,20+. The zero-order valence-electron chi connectivity index (χ0n) is 16.8. The predicted molar refractivity (Wildman–Crippen MR) is 104 cm³/mol. The summed E-state index contributed by atoms with van der Waals surface area (Å²) in [6.45, 7) is 10.2. The van der Waals surface area contributed by atoms with Crippen LogP contribution in [0.3, 0.4) is 0 Å². The number of fused-ring (bicyclic) bond motifs is 2. The molecule has 2 aliphatic rings. The molecule has 4 nitrogen and oxygen atoms in total. The molecule has 2 aliphatic heterocycles. The summed E-state index contributed by atoms with van der Waals surface area (Å²) >= 11 is 0. The molecule has 0 N–H and O–H groups in total. The Morgan fingerprint density at radius 2 is 1.85 bits per heavy atom. The van der Waals surface area contributed by atoms with E-state index in [0.29, 0.717) is 5.92 Å². The van der Waals surface area contributed by atoms with Crippen molar-refractivity contribution in [2.45, 2.75) is 90.5 Å². The summed E-state index contributed by atoms with van der Waals surface area (Å²) in [6, 6.07) is 8.95. The van der Waals surface area contributed by atoms with Gasteiger partial charge in [-0.15, -0.1) is 0 Å². The number of carbonyl (C=O) groups is 1. The normalized spacial score (nSPS) is 25.5. The van der Waals surface area contributed by atoms with Crippen LogP contribution in [0.5, 0.6) is 5.75 Å². The van der Waals surface area contributed by atoms with Gasteiger partial charge in [0.05, 0.1) is 0 Å². The molecule has 2 heterocycles. The van der Waals surface area contributed by atoms with Gasteiger partial charge in [0.2, 0.25) is 0 Å². The highest BCUT2D eigenvalue weighted by Crippen LogP contribution is 2.38. The van der Waals surface area contributed by atoms with Crippen LogP contribution in [-0.4, -0.2) is 34.8 Å². The third-order valence-corrected chi connectivity index (χ3v) is 5.14. The highest BCUT2D eigenvalue weighted by Gasteiger charge is 2.45. The van der Waals surface area contributed by atoms with Gasteiger partial charge in [-0.2, -0.15) is 0 Å². The Morgan fingerprint density at radius 1 is 1.19 bits per heavy atom. The summed E-state index contributed by atoms with van der Waals surface area (Å²) in [5.74, 6) is 1.59. The number of benzene rings is 1. The van der Waals surface area contributed by atoms with Crippen LogP contribution < -0.4 is 4.74 Å². The van der Waals surface area contributed by atoms with Crippen molar-refractivity contribution in [1.82, 2.24) is 4.90 Å². The molecule has 2 bridgehead atoms. The van der Waals surface area contributed by atoms with E-state index in [0.717, 1.165) is 37.9 Å². The van der Waals surface area contributed by atoms with Crippen LogP contribution in [0, 0.1) is 5.92 Å². The highest BCUT2D eigenvalue weighted by atomic mass is 16.6. The van der Waals surface area contributed by atoms with Gasteiger partial charge in [0.25, 0.3) is 0 Å². The molecule has 0 aromatic heterocycles. The average molecular weight is 360 g/mol. The van der Waals surface area contributed by atoms with Crippen molar-refractivity contribution in [3.63, 3.8) is 0 Å². The van der Waals surface area contributed by atoms with E-state index < -0.39 is 5.60 Å². The second-order valence-corrected chi connectivity index (χ2v) is 9.23. The number of ether oxygens (including phenoxy) is 2. The van der Waals surface area contributed by atoms with E-state index in [4.69, 9.17) is 9.47 Å². The minimum atomic E-state index is -0.444. The number of hydrogen-bond acceptors (Lipinski definition) is 3. The first-order valence-corrected chi connectivity index (χ1v) is 9.98. The smallest absolute Gasteiger partial charge is 0.410 e. The molecule has 2 saturated heterocycles. The number of nitrogens with zero attached hydrogens (tertiary/aromatic N) is 1. The van der Waals surface area contributed by atoms with E-state index in [1.807, 2.05) is 31.7 Å². The van der Waals surface area contributed by atoms with Crippen LogP contribution in [0.4, 0.5) is 4.79 Å². The first-order valence-electron chi connectivity index (χ1n) is 9.98. The van der Waals surface area contributed by atoms with Gasteiger partial charge >= 0.3 is 6.09 Å². The summed E-state index contributed by atoms with van der Waals surface area (Å²) in [7, 11) is 0. The molecule has 0 radical (unpaired) electrons. The largest absolute Gasteiger partial charge is 0.490 e. The van der Waals surface area contributed by atoms with Gasteiger partial charge in [0, 0.05) is 24.9 Å². The van der Waals surface area contributed by atoms with Crippen molar-refractivity contribution < 1.29 is 14.3 Å². The maximum Gasteiger partial charge on any atom is 0.410 e.